The van der Waals surface area contributed by atoms with E-state index in [0.717, 1.165) is 5.56 Å². The van der Waals surface area contributed by atoms with Crippen molar-refractivity contribution in [1.82, 2.24) is 0 Å². The lowest BCUT2D eigenvalue weighted by Crippen LogP contribution is -2.19. The minimum Gasteiger partial charge on any atom is -0.508 e. The topological polar surface area (TPSA) is 80.9 Å². The molecule has 2 aromatic carbocycles. The Morgan fingerprint density at radius 3 is 2.00 bits per heavy atom. The van der Waals surface area contributed by atoms with Gasteiger partial charge in [-0.1, -0.05) is 32.9 Å². The lowest BCUT2D eigenvalue weighted by atomic mass is 9.76. The molecule has 0 unspecified atom stereocenters. The molecule has 21 heavy (non-hydrogen) atoms. The molecule has 112 valence electrons. The normalized spacial score (nSPS) is 11.6. The summed E-state index contributed by atoms with van der Waals surface area (Å²) in [5.74, 6) is -0.200. The van der Waals surface area contributed by atoms with E-state index in [1.807, 2.05) is 20.8 Å². The highest BCUT2D eigenvalue weighted by atomic mass is 16.3. The number of hydrogen-bond acceptors (Lipinski definition) is 4. The molecule has 0 aliphatic carbocycles. The number of rotatable bonds is 3. The minimum atomic E-state index is -0.681. The molecule has 0 saturated heterocycles. The maximum Gasteiger partial charge on any atom is 0.130 e. The predicted octanol–water partition coefficient (Wildman–Crippen LogP) is 3.40. The van der Waals surface area contributed by atoms with E-state index in [2.05, 4.69) is 0 Å². The Labute approximate surface area is 123 Å². The third-order valence-electron chi connectivity index (χ3n) is 3.93. The van der Waals surface area contributed by atoms with Gasteiger partial charge in [0, 0.05) is 22.6 Å². The van der Waals surface area contributed by atoms with Crippen molar-refractivity contribution in [3.8, 4) is 23.0 Å². The lowest BCUT2D eigenvalue weighted by Gasteiger charge is -2.29. The molecular formula is C17H20O4. The van der Waals surface area contributed by atoms with E-state index in [1.54, 1.807) is 24.3 Å². The highest BCUT2D eigenvalue weighted by molar-refractivity contribution is 5.60. The van der Waals surface area contributed by atoms with Crippen LogP contribution < -0.4 is 0 Å². The zero-order valence-corrected chi connectivity index (χ0v) is 12.4. The molecule has 0 spiro atoms. The van der Waals surface area contributed by atoms with Gasteiger partial charge in [0.2, 0.25) is 0 Å². The van der Waals surface area contributed by atoms with E-state index in [4.69, 9.17) is 0 Å². The molecule has 2 rings (SSSR count). The van der Waals surface area contributed by atoms with Crippen LogP contribution in [0.1, 0.15) is 37.5 Å². The predicted molar refractivity (Wildman–Crippen MR) is 81.0 cm³/mol. The van der Waals surface area contributed by atoms with Crippen molar-refractivity contribution in [2.45, 2.75) is 32.6 Å². The average Bonchev–Trinajstić information content (AvgIpc) is 2.38. The van der Waals surface area contributed by atoms with E-state index >= 15 is 0 Å². The molecular weight excluding hydrogens is 268 g/mol. The summed E-state index contributed by atoms with van der Waals surface area (Å²) >= 11 is 0. The summed E-state index contributed by atoms with van der Waals surface area (Å²) < 4.78 is 0. The molecule has 4 nitrogen and oxygen atoms in total. The lowest BCUT2D eigenvalue weighted by molar-refractivity contribution is 0.397. The Kier molecular flexibility index (Phi) is 3.73. The Hall–Kier alpha value is -2.36. The van der Waals surface area contributed by atoms with Gasteiger partial charge in [0.15, 0.2) is 0 Å². The van der Waals surface area contributed by atoms with Crippen molar-refractivity contribution < 1.29 is 20.4 Å². The Morgan fingerprint density at radius 2 is 1.48 bits per heavy atom. The second kappa shape index (κ2) is 5.20. The molecule has 0 aliphatic heterocycles. The highest BCUT2D eigenvalue weighted by Gasteiger charge is 2.31. The second-order valence-electron chi connectivity index (χ2n) is 5.64. The highest BCUT2D eigenvalue weighted by Crippen LogP contribution is 2.46. The summed E-state index contributed by atoms with van der Waals surface area (Å²) in [6.45, 7) is 5.55. The van der Waals surface area contributed by atoms with Crippen molar-refractivity contribution in [1.29, 1.82) is 0 Å². The van der Waals surface area contributed by atoms with Crippen molar-refractivity contribution in [2.24, 2.45) is 0 Å². The Balaban J connectivity index is 2.67. The summed E-state index contributed by atoms with van der Waals surface area (Å²) in [5, 5.41) is 39.8. The summed E-state index contributed by atoms with van der Waals surface area (Å²) in [5.41, 5.74) is 0.926. The number of phenols is 4. The van der Waals surface area contributed by atoms with Crippen LogP contribution in [0.4, 0.5) is 0 Å². The molecule has 4 N–H and O–H groups in total. The molecule has 0 aliphatic rings. The van der Waals surface area contributed by atoms with E-state index in [1.165, 1.54) is 6.07 Å². The zero-order chi connectivity index (χ0) is 15.8. The molecule has 0 radical (unpaired) electrons. The molecule has 0 aromatic heterocycles. The van der Waals surface area contributed by atoms with Gasteiger partial charge in [-0.2, -0.15) is 0 Å². The van der Waals surface area contributed by atoms with Crippen molar-refractivity contribution in [3.05, 3.63) is 47.0 Å². The van der Waals surface area contributed by atoms with Gasteiger partial charge in [-0.15, -0.1) is 0 Å². The van der Waals surface area contributed by atoms with Crippen LogP contribution in [0, 0.1) is 0 Å². The number of phenolic OH excluding ortho intramolecular Hbond substituents is 4. The fraction of sp³-hybridized carbons (Fsp3) is 0.294. The third kappa shape index (κ3) is 2.49. The van der Waals surface area contributed by atoms with Gasteiger partial charge in [0.25, 0.3) is 0 Å². The fourth-order valence-corrected chi connectivity index (χ4v) is 2.67. The number of hydrogen-bond donors (Lipinski definition) is 4. The van der Waals surface area contributed by atoms with Crippen LogP contribution in [0.3, 0.4) is 0 Å². The molecule has 4 heteroatoms. The van der Waals surface area contributed by atoms with E-state index in [9.17, 15) is 20.4 Å². The van der Waals surface area contributed by atoms with Crippen LogP contribution in [-0.2, 0) is 11.8 Å². The van der Waals surface area contributed by atoms with Gasteiger partial charge in [-0.25, -0.2) is 0 Å². The largest absolute Gasteiger partial charge is 0.508 e. The van der Waals surface area contributed by atoms with Crippen molar-refractivity contribution in [2.75, 3.05) is 0 Å². The Bertz CT molecular complexity index is 657. The Morgan fingerprint density at radius 1 is 0.905 bits per heavy atom. The summed E-state index contributed by atoms with van der Waals surface area (Å²) in [7, 11) is 0. The maximum absolute atomic E-state index is 10.4. The van der Waals surface area contributed by atoms with Gasteiger partial charge in [0.1, 0.15) is 23.0 Å². The average molecular weight is 288 g/mol. The molecule has 0 fully saturated rings. The van der Waals surface area contributed by atoms with Crippen molar-refractivity contribution in [3.63, 3.8) is 0 Å². The van der Waals surface area contributed by atoms with E-state index in [-0.39, 0.29) is 23.0 Å². The van der Waals surface area contributed by atoms with Crippen LogP contribution >= 0.6 is 0 Å². The molecule has 0 atom stereocenters. The maximum atomic E-state index is 10.4. The van der Waals surface area contributed by atoms with Gasteiger partial charge in [-0.3, -0.25) is 0 Å². The summed E-state index contributed by atoms with van der Waals surface area (Å²) in [6.07, 6.45) is 0.455. The molecule has 0 amide bonds. The minimum absolute atomic E-state index is 0.0897. The first-order valence-corrected chi connectivity index (χ1v) is 6.85. The van der Waals surface area contributed by atoms with Gasteiger partial charge >= 0.3 is 0 Å². The summed E-state index contributed by atoms with van der Waals surface area (Å²) in [6, 6.07) is 7.87. The zero-order valence-electron chi connectivity index (χ0n) is 12.4. The van der Waals surface area contributed by atoms with Crippen LogP contribution in [0.2, 0.25) is 0 Å². The van der Waals surface area contributed by atoms with E-state index in [0.29, 0.717) is 17.5 Å². The van der Waals surface area contributed by atoms with Gasteiger partial charge < -0.3 is 20.4 Å². The number of aromatic hydroxyl groups is 4. The standard InChI is InChI=1S/C17H20O4/c1-4-12-13(19)9-14(20)15(16(12)21)17(2,3)10-5-7-11(18)8-6-10/h5-9,18-21H,4H2,1-3H3. The third-order valence-corrected chi connectivity index (χ3v) is 3.93. The first kappa shape index (κ1) is 15.0. The monoisotopic (exact) mass is 288 g/mol. The van der Waals surface area contributed by atoms with Crippen LogP contribution in [0.25, 0.3) is 0 Å². The van der Waals surface area contributed by atoms with Crippen LogP contribution in [0.5, 0.6) is 23.0 Å². The smallest absolute Gasteiger partial charge is 0.130 e. The fourth-order valence-electron chi connectivity index (χ4n) is 2.67. The molecule has 2 aromatic rings. The van der Waals surface area contributed by atoms with Gasteiger partial charge in [-0.05, 0) is 24.1 Å². The first-order valence-electron chi connectivity index (χ1n) is 6.85. The summed E-state index contributed by atoms with van der Waals surface area (Å²) in [4.78, 5) is 0. The number of benzene rings is 2. The first-order chi connectivity index (χ1) is 9.78. The van der Waals surface area contributed by atoms with Crippen LogP contribution in [0.15, 0.2) is 30.3 Å². The van der Waals surface area contributed by atoms with Crippen LogP contribution in [-0.4, -0.2) is 20.4 Å². The van der Waals surface area contributed by atoms with Crippen molar-refractivity contribution >= 4 is 0 Å². The van der Waals surface area contributed by atoms with Gasteiger partial charge in [0.05, 0.1) is 0 Å². The van der Waals surface area contributed by atoms with E-state index < -0.39 is 5.41 Å². The SMILES string of the molecule is CCc1c(O)cc(O)c(C(C)(C)c2ccc(O)cc2)c1O. The second-order valence-corrected chi connectivity index (χ2v) is 5.64. The molecule has 0 bridgehead atoms. The molecule has 0 saturated carbocycles. The molecule has 0 heterocycles. The quantitative estimate of drug-likeness (QED) is 0.698.